The van der Waals surface area contributed by atoms with Gasteiger partial charge in [0, 0.05) is 32.4 Å². The molecule has 0 unspecified atom stereocenters. The Balaban J connectivity index is 1.52. The van der Waals surface area contributed by atoms with E-state index in [0.29, 0.717) is 19.6 Å². The van der Waals surface area contributed by atoms with Gasteiger partial charge in [-0.1, -0.05) is 12.1 Å². The van der Waals surface area contributed by atoms with Crippen LogP contribution >= 0.6 is 0 Å². The summed E-state index contributed by atoms with van der Waals surface area (Å²) in [6, 6.07) is 7.98. The summed E-state index contributed by atoms with van der Waals surface area (Å²) in [6.07, 6.45) is 3.56. The number of carbonyl (C=O) groups excluding carboxylic acids is 1. The summed E-state index contributed by atoms with van der Waals surface area (Å²) in [5, 5.41) is 5.66. The first-order chi connectivity index (χ1) is 15.2. The number of hydrogen-bond acceptors (Lipinski definition) is 6. The largest absolute Gasteiger partial charge is 0.497 e. The predicted octanol–water partition coefficient (Wildman–Crippen LogP) is 3.85. The lowest BCUT2D eigenvalue weighted by Crippen LogP contribution is -2.50. The van der Waals surface area contributed by atoms with E-state index in [1.165, 1.54) is 0 Å². The van der Waals surface area contributed by atoms with Crippen molar-refractivity contribution >= 4 is 22.8 Å². The molecule has 8 nitrogen and oxygen atoms in total. The van der Waals surface area contributed by atoms with Gasteiger partial charge in [-0.3, -0.25) is 0 Å². The molecule has 1 saturated heterocycles. The fourth-order valence-electron chi connectivity index (χ4n) is 3.99. The Hall–Kier alpha value is -3.29. The van der Waals surface area contributed by atoms with Crippen LogP contribution in [-0.4, -0.2) is 64.6 Å². The zero-order valence-corrected chi connectivity index (χ0v) is 19.5. The second kappa shape index (κ2) is 8.68. The summed E-state index contributed by atoms with van der Waals surface area (Å²) < 4.78 is 12.7. The molecule has 8 heteroatoms. The number of pyridine rings is 1. The lowest BCUT2D eigenvalue weighted by molar-refractivity contribution is 0.0240. The number of nitrogens with zero attached hydrogens (tertiary/aromatic N) is 5. The minimum atomic E-state index is -0.486. The number of hydrogen-bond donors (Lipinski definition) is 0. The number of aromatic nitrogens is 3. The van der Waals surface area contributed by atoms with Crippen molar-refractivity contribution in [1.82, 2.24) is 19.7 Å². The number of methoxy groups -OCH3 is 1. The quantitative estimate of drug-likeness (QED) is 0.617. The van der Waals surface area contributed by atoms with Crippen LogP contribution in [0.4, 0.5) is 10.5 Å². The van der Waals surface area contributed by atoms with Gasteiger partial charge in [-0.25, -0.2) is 14.5 Å². The maximum Gasteiger partial charge on any atom is 0.410 e. The Bertz CT molecular complexity index is 1090. The van der Waals surface area contributed by atoms with Crippen molar-refractivity contribution < 1.29 is 14.3 Å². The molecule has 0 bridgehead atoms. The van der Waals surface area contributed by atoms with Gasteiger partial charge in [0.25, 0.3) is 0 Å². The Kier molecular flexibility index (Phi) is 5.95. The molecule has 170 valence electrons. The molecule has 0 N–H and O–H groups in total. The molecule has 2 aromatic heterocycles. The third-order valence-corrected chi connectivity index (χ3v) is 5.56. The number of piperazine rings is 1. The molecule has 0 saturated carbocycles. The van der Waals surface area contributed by atoms with E-state index >= 15 is 0 Å². The molecule has 0 aliphatic carbocycles. The molecular weight excluding hydrogens is 406 g/mol. The summed E-state index contributed by atoms with van der Waals surface area (Å²) in [5.74, 6) is 0.834. The van der Waals surface area contributed by atoms with E-state index in [4.69, 9.17) is 9.47 Å². The van der Waals surface area contributed by atoms with Gasteiger partial charge in [0.2, 0.25) is 0 Å². The number of carbonyl (C=O) groups is 1. The molecular formula is C24H31N5O3. The highest BCUT2D eigenvalue weighted by Crippen LogP contribution is 2.30. The van der Waals surface area contributed by atoms with E-state index < -0.39 is 5.60 Å². The van der Waals surface area contributed by atoms with Crippen molar-refractivity contribution in [1.29, 1.82) is 0 Å². The van der Waals surface area contributed by atoms with Gasteiger partial charge < -0.3 is 19.3 Å². The minimum Gasteiger partial charge on any atom is -0.497 e. The highest BCUT2D eigenvalue weighted by atomic mass is 16.6. The monoisotopic (exact) mass is 437 g/mol. The SMILES string of the molecule is COc1ccc(Cn2ncc3c(N4CCN(C(=O)OC(C)(C)C)CC4)c(C)cnc32)cc1. The standard InChI is InChI=1S/C24H31N5O3/c1-17-14-25-22-20(15-26-29(22)16-18-6-8-19(31-5)9-7-18)21(17)27-10-12-28(13-11-27)23(30)32-24(2,3)4/h6-9,14-15H,10-13,16H2,1-5H3. The molecule has 1 aliphatic rings. The molecule has 0 atom stereocenters. The van der Waals surface area contributed by atoms with Gasteiger partial charge in [0.1, 0.15) is 11.4 Å². The number of anilines is 1. The number of fused-ring (bicyclic) bond motifs is 1. The van der Waals surface area contributed by atoms with Crippen LogP contribution in [0.25, 0.3) is 11.0 Å². The van der Waals surface area contributed by atoms with E-state index in [1.807, 2.05) is 62.1 Å². The van der Waals surface area contributed by atoms with E-state index in [2.05, 4.69) is 21.9 Å². The van der Waals surface area contributed by atoms with Crippen LogP contribution in [-0.2, 0) is 11.3 Å². The minimum absolute atomic E-state index is 0.249. The Morgan fingerprint density at radius 2 is 1.75 bits per heavy atom. The van der Waals surface area contributed by atoms with Crippen LogP contribution in [0.5, 0.6) is 5.75 Å². The smallest absolute Gasteiger partial charge is 0.410 e. The van der Waals surface area contributed by atoms with Crippen molar-refractivity contribution in [2.75, 3.05) is 38.2 Å². The Labute approximate surface area is 188 Å². The normalized spacial score (nSPS) is 14.7. The van der Waals surface area contributed by atoms with E-state index in [9.17, 15) is 4.79 Å². The van der Waals surface area contributed by atoms with Crippen molar-refractivity contribution in [2.45, 2.75) is 39.8 Å². The lowest BCUT2D eigenvalue weighted by atomic mass is 10.1. The van der Waals surface area contributed by atoms with Crippen LogP contribution < -0.4 is 9.64 Å². The molecule has 1 aliphatic heterocycles. The Morgan fingerprint density at radius 3 is 2.38 bits per heavy atom. The van der Waals surface area contributed by atoms with Gasteiger partial charge in [-0.05, 0) is 51.0 Å². The lowest BCUT2D eigenvalue weighted by Gasteiger charge is -2.37. The zero-order valence-electron chi connectivity index (χ0n) is 19.5. The molecule has 4 rings (SSSR count). The molecule has 1 aromatic carbocycles. The molecule has 1 fully saturated rings. The van der Waals surface area contributed by atoms with E-state index in [0.717, 1.165) is 46.7 Å². The van der Waals surface area contributed by atoms with Gasteiger partial charge >= 0.3 is 6.09 Å². The molecule has 3 aromatic rings. The van der Waals surface area contributed by atoms with Crippen LogP contribution in [0.2, 0.25) is 0 Å². The Morgan fingerprint density at radius 1 is 1.06 bits per heavy atom. The zero-order chi connectivity index (χ0) is 22.9. The number of benzene rings is 1. The second-order valence-corrected chi connectivity index (χ2v) is 9.13. The number of amides is 1. The maximum absolute atomic E-state index is 12.4. The molecule has 3 heterocycles. The molecule has 32 heavy (non-hydrogen) atoms. The fraction of sp³-hybridized carbons (Fsp3) is 0.458. The third kappa shape index (κ3) is 4.64. The summed E-state index contributed by atoms with van der Waals surface area (Å²) in [5.41, 5.74) is 3.74. The van der Waals surface area contributed by atoms with Crippen molar-refractivity contribution in [3.8, 4) is 5.75 Å². The summed E-state index contributed by atoms with van der Waals surface area (Å²) in [7, 11) is 1.66. The van der Waals surface area contributed by atoms with E-state index in [-0.39, 0.29) is 6.09 Å². The average molecular weight is 438 g/mol. The molecule has 0 spiro atoms. The maximum atomic E-state index is 12.4. The average Bonchev–Trinajstić information content (AvgIpc) is 3.15. The van der Waals surface area contributed by atoms with Crippen LogP contribution in [0.1, 0.15) is 31.9 Å². The topological polar surface area (TPSA) is 72.7 Å². The van der Waals surface area contributed by atoms with Gasteiger partial charge in [-0.2, -0.15) is 5.10 Å². The third-order valence-electron chi connectivity index (χ3n) is 5.56. The number of aryl methyl sites for hydroxylation is 1. The summed E-state index contributed by atoms with van der Waals surface area (Å²) in [4.78, 5) is 21.2. The van der Waals surface area contributed by atoms with Crippen molar-refractivity contribution in [2.24, 2.45) is 0 Å². The summed E-state index contributed by atoms with van der Waals surface area (Å²) >= 11 is 0. The van der Waals surface area contributed by atoms with Crippen LogP contribution in [0.3, 0.4) is 0 Å². The first-order valence-electron chi connectivity index (χ1n) is 10.9. The second-order valence-electron chi connectivity index (χ2n) is 9.13. The van der Waals surface area contributed by atoms with Crippen molar-refractivity contribution in [3.63, 3.8) is 0 Å². The number of ether oxygens (including phenoxy) is 2. The highest BCUT2D eigenvalue weighted by Gasteiger charge is 2.27. The summed E-state index contributed by atoms with van der Waals surface area (Å²) in [6.45, 7) is 11.1. The predicted molar refractivity (Wildman–Crippen MR) is 124 cm³/mol. The highest BCUT2D eigenvalue weighted by molar-refractivity contribution is 5.91. The van der Waals surface area contributed by atoms with Gasteiger partial charge in [-0.15, -0.1) is 0 Å². The first kappa shape index (κ1) is 21.9. The van der Waals surface area contributed by atoms with E-state index in [1.54, 1.807) is 12.0 Å². The van der Waals surface area contributed by atoms with Gasteiger partial charge in [0.15, 0.2) is 5.65 Å². The molecule has 0 radical (unpaired) electrons. The van der Waals surface area contributed by atoms with Gasteiger partial charge in [0.05, 0.1) is 30.9 Å². The number of rotatable bonds is 4. The first-order valence-corrected chi connectivity index (χ1v) is 10.9. The van der Waals surface area contributed by atoms with Crippen molar-refractivity contribution in [3.05, 3.63) is 47.8 Å². The van der Waals surface area contributed by atoms with Crippen LogP contribution in [0.15, 0.2) is 36.7 Å². The van der Waals surface area contributed by atoms with Crippen LogP contribution in [0, 0.1) is 6.92 Å². The fourth-order valence-corrected chi connectivity index (χ4v) is 3.99. The molecule has 1 amide bonds.